The van der Waals surface area contributed by atoms with E-state index < -0.39 is 0 Å². The smallest absolute Gasteiger partial charge is 0.306 e. The van der Waals surface area contributed by atoms with E-state index in [9.17, 15) is 9.59 Å². The third-order valence-electron chi connectivity index (χ3n) is 6.60. The number of amides is 1. The first-order valence-electron chi connectivity index (χ1n) is 13.1. The van der Waals surface area contributed by atoms with Crippen molar-refractivity contribution >= 4 is 17.7 Å². The number of ether oxygens (including phenoxy) is 1. The predicted molar refractivity (Wildman–Crippen MR) is 142 cm³/mol. The van der Waals surface area contributed by atoms with E-state index in [1.807, 2.05) is 17.9 Å². The van der Waals surface area contributed by atoms with Gasteiger partial charge in [0.1, 0.15) is 0 Å². The third kappa shape index (κ3) is 7.35. The summed E-state index contributed by atoms with van der Waals surface area (Å²) >= 11 is 0. The number of aliphatic imine (C=N–C) groups is 1. The second-order valence-corrected chi connectivity index (χ2v) is 9.30. The molecular weight excluding hydrogens is 454 g/mol. The van der Waals surface area contributed by atoms with Crippen molar-refractivity contribution in [1.29, 1.82) is 0 Å². The summed E-state index contributed by atoms with van der Waals surface area (Å²) in [6, 6.07) is -0.128. The largest absolute Gasteiger partial charge is 0.466 e. The quantitative estimate of drug-likeness (QED) is 0.193. The first kappa shape index (κ1) is 27.3. The lowest BCUT2D eigenvalue weighted by Gasteiger charge is -2.24. The molecule has 1 aliphatic heterocycles. The molecule has 1 amide bonds. The third-order valence-corrected chi connectivity index (χ3v) is 6.60. The second kappa shape index (κ2) is 13.7. The molecule has 1 unspecified atom stereocenters. The molecule has 3 rings (SSSR count). The van der Waals surface area contributed by atoms with Crippen LogP contribution < -0.4 is 5.84 Å². The number of carbonyl (C=O) groups excluding carboxylic acids is 2. The fraction of sp³-hybridized carbons (Fsp3) is 0.536. The van der Waals surface area contributed by atoms with Crippen molar-refractivity contribution in [2.75, 3.05) is 19.7 Å². The van der Waals surface area contributed by atoms with Gasteiger partial charge in [-0.25, -0.2) is 0 Å². The van der Waals surface area contributed by atoms with Crippen LogP contribution in [-0.4, -0.2) is 48.4 Å². The van der Waals surface area contributed by atoms with Crippen molar-refractivity contribution in [2.24, 2.45) is 21.2 Å². The molecule has 1 atom stereocenters. The lowest BCUT2D eigenvalue weighted by Crippen LogP contribution is -2.34. The summed E-state index contributed by atoms with van der Waals surface area (Å²) in [5.41, 5.74) is 5.48. The molecule has 2 aliphatic carbocycles. The number of fused-ring (bicyclic) bond motifs is 1. The molecule has 0 aromatic heterocycles. The zero-order valence-electron chi connectivity index (χ0n) is 21.8. The Kier molecular flexibility index (Phi) is 10.4. The second-order valence-electron chi connectivity index (χ2n) is 9.30. The van der Waals surface area contributed by atoms with Gasteiger partial charge in [-0.3, -0.25) is 14.6 Å². The maximum Gasteiger partial charge on any atom is 0.306 e. The van der Waals surface area contributed by atoms with Gasteiger partial charge < -0.3 is 15.5 Å². The average molecular weight is 494 g/mol. The Morgan fingerprint density at radius 1 is 1.08 bits per heavy atom. The summed E-state index contributed by atoms with van der Waals surface area (Å²) in [6.07, 6.45) is 16.4. The van der Waals surface area contributed by atoms with Crippen molar-refractivity contribution < 1.29 is 14.3 Å². The molecule has 0 spiro atoms. The summed E-state index contributed by atoms with van der Waals surface area (Å²) in [7, 11) is 0. The summed E-state index contributed by atoms with van der Waals surface area (Å²) in [6.45, 7) is 7.86. The minimum atomic E-state index is -0.143. The van der Waals surface area contributed by atoms with E-state index >= 15 is 0 Å². The van der Waals surface area contributed by atoms with Crippen LogP contribution in [0.3, 0.4) is 0 Å². The van der Waals surface area contributed by atoms with Crippen molar-refractivity contribution in [1.82, 2.24) is 4.90 Å². The van der Waals surface area contributed by atoms with Crippen molar-refractivity contribution in [2.45, 2.75) is 78.2 Å². The molecule has 0 fully saturated rings. The van der Waals surface area contributed by atoms with Gasteiger partial charge in [0.05, 0.1) is 12.6 Å². The van der Waals surface area contributed by atoms with E-state index in [2.05, 4.69) is 48.5 Å². The minimum Gasteiger partial charge on any atom is -0.466 e. The Labute approximate surface area is 214 Å². The van der Waals surface area contributed by atoms with Crippen LogP contribution in [0.4, 0.5) is 0 Å². The van der Waals surface area contributed by atoms with Gasteiger partial charge in [-0.2, -0.15) is 0 Å². The molecule has 3 aliphatic rings. The highest BCUT2D eigenvalue weighted by Gasteiger charge is 2.27. The Balaban J connectivity index is 1.81. The molecule has 0 radical (unpaired) electrons. The van der Waals surface area contributed by atoms with Crippen LogP contribution in [0.2, 0.25) is 0 Å². The lowest BCUT2D eigenvalue weighted by atomic mass is 9.84. The average Bonchev–Trinajstić information content (AvgIpc) is 3.06. The number of hydrogen-bond donors (Lipinski definition) is 1. The van der Waals surface area contributed by atoms with E-state index in [1.54, 1.807) is 0 Å². The first-order valence-corrected chi connectivity index (χ1v) is 13.1. The number of allylic oxidation sites excluding steroid dienone is 6. The Bertz CT molecular complexity index is 1040. The molecule has 8 nitrogen and oxygen atoms in total. The van der Waals surface area contributed by atoms with Crippen LogP contribution in [0.1, 0.15) is 72.1 Å². The highest BCUT2D eigenvalue weighted by Crippen LogP contribution is 2.35. The Morgan fingerprint density at radius 2 is 1.83 bits per heavy atom. The fourth-order valence-corrected chi connectivity index (χ4v) is 4.83. The molecular formula is C28H39N5O3. The van der Waals surface area contributed by atoms with Crippen LogP contribution >= 0.6 is 0 Å². The lowest BCUT2D eigenvalue weighted by molar-refractivity contribution is -0.143. The van der Waals surface area contributed by atoms with Gasteiger partial charge in [-0.1, -0.05) is 48.9 Å². The summed E-state index contributed by atoms with van der Waals surface area (Å²) in [4.78, 5) is 31.8. The monoisotopic (exact) mass is 493 g/mol. The van der Waals surface area contributed by atoms with E-state index in [0.717, 1.165) is 57.2 Å². The molecule has 2 N–H and O–H groups in total. The topological polar surface area (TPSA) is 110 Å². The number of amidine groups is 1. The molecule has 0 aromatic carbocycles. The van der Waals surface area contributed by atoms with Crippen LogP contribution in [0.15, 0.2) is 73.6 Å². The van der Waals surface area contributed by atoms with E-state index in [0.29, 0.717) is 30.9 Å². The Hall–Kier alpha value is -3.29. The number of esters is 1. The Morgan fingerprint density at radius 3 is 2.47 bits per heavy atom. The number of hydrogen-bond acceptors (Lipinski definition) is 6. The molecule has 0 aromatic rings. The molecule has 36 heavy (non-hydrogen) atoms. The van der Waals surface area contributed by atoms with Crippen molar-refractivity contribution in [3.8, 4) is 0 Å². The summed E-state index contributed by atoms with van der Waals surface area (Å²) < 4.78 is 5.04. The molecule has 0 saturated heterocycles. The SMILES string of the molecule is CCCN(CCC)C(=O)C1=CC2=CC=C(C3=CC=C(CCC(=O)OCC)CC3)CC2N=C(N=NN)C1. The molecule has 1 heterocycles. The van der Waals surface area contributed by atoms with Crippen LogP contribution in [0.25, 0.3) is 0 Å². The van der Waals surface area contributed by atoms with Crippen molar-refractivity contribution in [3.63, 3.8) is 0 Å². The minimum absolute atomic E-state index is 0.0328. The number of nitrogens with zero attached hydrogens (tertiary/aromatic N) is 4. The van der Waals surface area contributed by atoms with Gasteiger partial charge in [0.2, 0.25) is 5.91 Å². The number of nitrogens with two attached hydrogens (primary N) is 1. The highest BCUT2D eigenvalue weighted by atomic mass is 16.5. The maximum atomic E-state index is 13.3. The van der Waals surface area contributed by atoms with Crippen LogP contribution in [0.5, 0.6) is 0 Å². The molecule has 0 bridgehead atoms. The van der Waals surface area contributed by atoms with Gasteiger partial charge in [0.15, 0.2) is 5.84 Å². The predicted octanol–water partition coefficient (Wildman–Crippen LogP) is 5.30. The number of carbonyl (C=O) groups is 2. The van der Waals surface area contributed by atoms with Gasteiger partial charge >= 0.3 is 5.97 Å². The first-order chi connectivity index (χ1) is 17.5. The van der Waals surface area contributed by atoms with Gasteiger partial charge in [0.25, 0.3) is 0 Å². The van der Waals surface area contributed by atoms with Gasteiger partial charge in [-0.15, -0.1) is 5.11 Å². The normalized spacial score (nSPS) is 19.7. The van der Waals surface area contributed by atoms with Crippen LogP contribution in [0, 0.1) is 0 Å². The van der Waals surface area contributed by atoms with Gasteiger partial charge in [-0.05, 0) is 68.2 Å². The standard InChI is InChI=1S/C28H39N5O3/c1-4-15-33(16-5-2)28(35)24-17-23-13-12-22(18-25(23)30-26(19-24)31-32-29)21-10-7-20(8-11-21)9-14-27(34)36-6-3/h7,10,12-13,17,25H,4-6,8-9,11,14-16,18-19H2,1-3H3,(H2,29,30,31). The summed E-state index contributed by atoms with van der Waals surface area (Å²) in [5.74, 6) is 5.74. The van der Waals surface area contributed by atoms with Crippen molar-refractivity contribution in [3.05, 3.63) is 58.2 Å². The highest BCUT2D eigenvalue weighted by molar-refractivity contribution is 6.01. The van der Waals surface area contributed by atoms with E-state index in [4.69, 9.17) is 15.6 Å². The molecule has 194 valence electrons. The fourth-order valence-electron chi connectivity index (χ4n) is 4.83. The summed E-state index contributed by atoms with van der Waals surface area (Å²) in [5, 5.41) is 7.51. The number of rotatable bonds is 10. The molecule has 8 heteroatoms. The zero-order chi connectivity index (χ0) is 25.9. The molecule has 0 saturated carbocycles. The van der Waals surface area contributed by atoms with Crippen LogP contribution in [-0.2, 0) is 14.3 Å². The van der Waals surface area contributed by atoms with E-state index in [1.165, 1.54) is 16.7 Å². The zero-order valence-corrected chi connectivity index (χ0v) is 21.8. The maximum absolute atomic E-state index is 13.3. The van der Waals surface area contributed by atoms with E-state index in [-0.39, 0.29) is 17.9 Å². The van der Waals surface area contributed by atoms with Gasteiger partial charge in [0, 0.05) is 31.5 Å².